The second kappa shape index (κ2) is 5.77. The lowest BCUT2D eigenvalue weighted by atomic mass is 10.2. The van der Waals surface area contributed by atoms with Gasteiger partial charge in [0.05, 0.1) is 13.3 Å². The lowest BCUT2D eigenvalue weighted by Crippen LogP contribution is -2.49. The molecule has 1 aromatic rings. The highest BCUT2D eigenvalue weighted by atomic mass is 16.5. The van der Waals surface area contributed by atoms with E-state index in [9.17, 15) is 0 Å². The third-order valence-corrected chi connectivity index (χ3v) is 3.86. The summed E-state index contributed by atoms with van der Waals surface area (Å²) >= 11 is 0. The summed E-state index contributed by atoms with van der Waals surface area (Å²) in [5, 5.41) is 0. The van der Waals surface area contributed by atoms with Gasteiger partial charge in [-0.15, -0.1) is 0 Å². The summed E-state index contributed by atoms with van der Waals surface area (Å²) in [6, 6.07) is 8.17. The Morgan fingerprint density at radius 1 is 0.947 bits per heavy atom. The lowest BCUT2D eigenvalue weighted by Gasteiger charge is -2.37. The van der Waals surface area contributed by atoms with Crippen molar-refractivity contribution in [1.29, 1.82) is 0 Å². The standard InChI is InChI=1S/C14H22N4O/c15-13-1-3-14(4-2-13)18-7-5-16(6-8-18)11-17-9-10-19-12-17/h1-4H,5-12,15H2. The van der Waals surface area contributed by atoms with Gasteiger partial charge in [-0.3, -0.25) is 9.80 Å². The van der Waals surface area contributed by atoms with E-state index in [1.807, 2.05) is 12.1 Å². The Morgan fingerprint density at radius 3 is 2.32 bits per heavy atom. The molecule has 0 spiro atoms. The van der Waals surface area contributed by atoms with Crippen LogP contribution in [0.2, 0.25) is 0 Å². The first kappa shape index (κ1) is 12.7. The molecule has 2 N–H and O–H groups in total. The molecule has 0 amide bonds. The Balaban J connectivity index is 1.50. The Morgan fingerprint density at radius 2 is 1.68 bits per heavy atom. The zero-order valence-corrected chi connectivity index (χ0v) is 11.3. The van der Waals surface area contributed by atoms with Gasteiger partial charge in [0, 0.05) is 44.1 Å². The van der Waals surface area contributed by atoms with E-state index < -0.39 is 0 Å². The maximum atomic E-state index is 5.73. The van der Waals surface area contributed by atoms with Gasteiger partial charge < -0.3 is 15.4 Å². The summed E-state index contributed by atoms with van der Waals surface area (Å²) in [4.78, 5) is 7.29. The number of hydrogen-bond acceptors (Lipinski definition) is 5. The zero-order valence-electron chi connectivity index (χ0n) is 11.3. The maximum absolute atomic E-state index is 5.73. The van der Waals surface area contributed by atoms with Crippen LogP contribution in [0.4, 0.5) is 11.4 Å². The van der Waals surface area contributed by atoms with E-state index in [4.69, 9.17) is 10.5 Å². The second-order valence-electron chi connectivity index (χ2n) is 5.27. The highest BCUT2D eigenvalue weighted by molar-refractivity contribution is 5.53. The van der Waals surface area contributed by atoms with Crippen LogP contribution < -0.4 is 10.6 Å². The Kier molecular flexibility index (Phi) is 3.87. The van der Waals surface area contributed by atoms with E-state index in [0.29, 0.717) is 0 Å². The quantitative estimate of drug-likeness (QED) is 0.810. The van der Waals surface area contributed by atoms with Crippen LogP contribution in [0.15, 0.2) is 24.3 Å². The van der Waals surface area contributed by atoms with Gasteiger partial charge in [-0.05, 0) is 24.3 Å². The average molecular weight is 262 g/mol. The van der Waals surface area contributed by atoms with E-state index in [0.717, 1.165) is 58.4 Å². The Bertz CT molecular complexity index is 394. The number of ether oxygens (including phenoxy) is 1. The molecule has 0 aromatic heterocycles. The molecule has 0 aliphatic carbocycles. The third-order valence-electron chi connectivity index (χ3n) is 3.86. The second-order valence-corrected chi connectivity index (χ2v) is 5.27. The highest BCUT2D eigenvalue weighted by Crippen LogP contribution is 2.18. The fraction of sp³-hybridized carbons (Fsp3) is 0.571. The molecule has 0 atom stereocenters. The minimum absolute atomic E-state index is 0.790. The van der Waals surface area contributed by atoms with Gasteiger partial charge >= 0.3 is 0 Å². The van der Waals surface area contributed by atoms with Crippen molar-refractivity contribution in [2.75, 3.05) is 63.4 Å². The van der Waals surface area contributed by atoms with E-state index >= 15 is 0 Å². The van der Waals surface area contributed by atoms with Crippen LogP contribution in [0.25, 0.3) is 0 Å². The number of benzene rings is 1. The fourth-order valence-corrected chi connectivity index (χ4v) is 2.68. The van der Waals surface area contributed by atoms with Crippen molar-refractivity contribution in [2.45, 2.75) is 0 Å². The molecular formula is C14H22N4O. The Hall–Kier alpha value is -1.30. The van der Waals surface area contributed by atoms with Crippen LogP contribution in [0.1, 0.15) is 0 Å². The van der Waals surface area contributed by atoms with Crippen molar-refractivity contribution in [3.63, 3.8) is 0 Å². The molecule has 3 rings (SSSR count). The summed E-state index contributed by atoms with van der Waals surface area (Å²) in [6.07, 6.45) is 0. The van der Waals surface area contributed by atoms with E-state index in [-0.39, 0.29) is 0 Å². The number of nitrogen functional groups attached to an aromatic ring is 1. The number of nitrogens with two attached hydrogens (primary N) is 1. The summed E-state index contributed by atoms with van der Waals surface area (Å²) < 4.78 is 5.38. The van der Waals surface area contributed by atoms with E-state index in [1.54, 1.807) is 0 Å². The van der Waals surface area contributed by atoms with Gasteiger partial charge in [0.2, 0.25) is 0 Å². The molecule has 0 saturated carbocycles. The van der Waals surface area contributed by atoms with Crippen LogP contribution >= 0.6 is 0 Å². The molecule has 5 heteroatoms. The first-order valence-electron chi connectivity index (χ1n) is 6.94. The molecule has 2 heterocycles. The molecule has 0 radical (unpaired) electrons. The zero-order chi connectivity index (χ0) is 13.1. The number of anilines is 2. The Labute approximate surface area is 114 Å². The van der Waals surface area contributed by atoms with Gasteiger partial charge in [0.15, 0.2) is 0 Å². The fourth-order valence-electron chi connectivity index (χ4n) is 2.68. The first-order chi connectivity index (χ1) is 9.31. The SMILES string of the molecule is Nc1ccc(N2CCN(CN3CCOC3)CC2)cc1. The van der Waals surface area contributed by atoms with Crippen molar-refractivity contribution in [3.8, 4) is 0 Å². The van der Waals surface area contributed by atoms with Crippen molar-refractivity contribution in [1.82, 2.24) is 9.80 Å². The van der Waals surface area contributed by atoms with Gasteiger partial charge in [0.25, 0.3) is 0 Å². The first-order valence-corrected chi connectivity index (χ1v) is 6.94. The number of rotatable bonds is 3. The summed E-state index contributed by atoms with van der Waals surface area (Å²) in [6.45, 7) is 8.16. The molecule has 2 aliphatic heterocycles. The molecule has 1 aromatic carbocycles. The van der Waals surface area contributed by atoms with E-state index in [1.165, 1.54) is 5.69 Å². The molecule has 2 aliphatic rings. The monoisotopic (exact) mass is 262 g/mol. The van der Waals surface area contributed by atoms with Crippen molar-refractivity contribution >= 4 is 11.4 Å². The van der Waals surface area contributed by atoms with Gasteiger partial charge in [-0.2, -0.15) is 0 Å². The lowest BCUT2D eigenvalue weighted by molar-refractivity contribution is 0.0885. The third kappa shape index (κ3) is 3.18. The van der Waals surface area contributed by atoms with Crippen LogP contribution in [-0.4, -0.2) is 62.5 Å². The summed E-state index contributed by atoms with van der Waals surface area (Å²) in [5.41, 5.74) is 7.83. The maximum Gasteiger partial charge on any atom is 0.100 e. The molecule has 5 nitrogen and oxygen atoms in total. The molecular weight excluding hydrogens is 240 g/mol. The van der Waals surface area contributed by atoms with E-state index in [2.05, 4.69) is 26.8 Å². The molecule has 0 unspecified atom stereocenters. The molecule has 0 bridgehead atoms. The van der Waals surface area contributed by atoms with Crippen LogP contribution in [0.5, 0.6) is 0 Å². The van der Waals surface area contributed by atoms with Crippen molar-refractivity contribution < 1.29 is 4.74 Å². The predicted octanol–water partition coefficient (Wildman–Crippen LogP) is 0.638. The van der Waals surface area contributed by atoms with Crippen LogP contribution in [-0.2, 0) is 4.74 Å². The largest absolute Gasteiger partial charge is 0.399 e. The number of hydrogen-bond donors (Lipinski definition) is 1. The van der Waals surface area contributed by atoms with Crippen molar-refractivity contribution in [2.24, 2.45) is 0 Å². The summed E-state index contributed by atoms with van der Waals surface area (Å²) in [5.74, 6) is 0. The van der Waals surface area contributed by atoms with Crippen molar-refractivity contribution in [3.05, 3.63) is 24.3 Å². The predicted molar refractivity (Wildman–Crippen MR) is 77.0 cm³/mol. The minimum Gasteiger partial charge on any atom is -0.399 e. The molecule has 104 valence electrons. The minimum atomic E-state index is 0.790. The topological polar surface area (TPSA) is 45.0 Å². The van der Waals surface area contributed by atoms with Crippen LogP contribution in [0, 0.1) is 0 Å². The smallest absolute Gasteiger partial charge is 0.100 e. The number of nitrogens with zero attached hydrogens (tertiary/aromatic N) is 3. The average Bonchev–Trinajstić information content (AvgIpc) is 2.94. The van der Waals surface area contributed by atoms with Gasteiger partial charge in [-0.25, -0.2) is 0 Å². The summed E-state index contributed by atoms with van der Waals surface area (Å²) in [7, 11) is 0. The highest BCUT2D eigenvalue weighted by Gasteiger charge is 2.20. The van der Waals surface area contributed by atoms with Crippen LogP contribution in [0.3, 0.4) is 0 Å². The van der Waals surface area contributed by atoms with Gasteiger partial charge in [0.1, 0.15) is 6.73 Å². The molecule has 19 heavy (non-hydrogen) atoms. The van der Waals surface area contributed by atoms with Gasteiger partial charge in [-0.1, -0.05) is 0 Å². The normalized spacial score (nSPS) is 22.0. The molecule has 2 fully saturated rings. The molecule has 2 saturated heterocycles. The number of piperazine rings is 1.